The lowest BCUT2D eigenvalue weighted by Gasteiger charge is -2.28. The largest absolute Gasteiger partial charge is 0.507 e. The average Bonchev–Trinajstić information content (AvgIpc) is 2.52. The molecule has 0 fully saturated rings. The smallest absolute Gasteiger partial charge is 0.123 e. The lowest BCUT2D eigenvalue weighted by atomic mass is 9.79. The molecule has 0 bridgehead atoms. The minimum atomic E-state index is -0.109. The molecule has 0 aliphatic carbocycles. The highest BCUT2D eigenvalue weighted by Crippen LogP contribution is 2.41. The van der Waals surface area contributed by atoms with Crippen LogP contribution >= 0.6 is 0 Å². The van der Waals surface area contributed by atoms with Crippen LogP contribution in [0.5, 0.6) is 11.5 Å². The summed E-state index contributed by atoms with van der Waals surface area (Å²) >= 11 is 0. The fourth-order valence-electron chi connectivity index (χ4n) is 3.26. The summed E-state index contributed by atoms with van der Waals surface area (Å²) in [6.45, 7) is 15.8. The lowest BCUT2D eigenvalue weighted by molar-refractivity contribution is 0.301. The predicted molar refractivity (Wildman–Crippen MR) is 114 cm³/mol. The SMILES string of the molecule is CCCCCCCCCCOc1cc(C(C)(C)C)c(O)c(C(C)(C)C)c1. The van der Waals surface area contributed by atoms with Crippen LogP contribution < -0.4 is 4.74 Å². The Balaban J connectivity index is 2.61. The molecule has 1 N–H and O–H groups in total. The number of phenolic OH excluding ortho intramolecular Hbond substituents is 1. The molecule has 150 valence electrons. The standard InChI is InChI=1S/C24H42O2/c1-8-9-10-11-12-13-14-15-16-26-19-17-20(23(2,3)4)22(25)21(18-19)24(5,6)7/h17-18,25H,8-16H2,1-7H3. The summed E-state index contributed by atoms with van der Waals surface area (Å²) in [6, 6.07) is 4.05. The minimum Gasteiger partial charge on any atom is -0.507 e. The maximum Gasteiger partial charge on any atom is 0.123 e. The number of hydrogen-bond acceptors (Lipinski definition) is 2. The van der Waals surface area contributed by atoms with Crippen molar-refractivity contribution >= 4 is 0 Å². The quantitative estimate of drug-likeness (QED) is 0.436. The van der Waals surface area contributed by atoms with E-state index in [9.17, 15) is 5.11 Å². The Morgan fingerprint density at radius 2 is 1.15 bits per heavy atom. The molecule has 2 nitrogen and oxygen atoms in total. The van der Waals surface area contributed by atoms with Gasteiger partial charge in [0.25, 0.3) is 0 Å². The Kier molecular flexibility index (Phi) is 9.00. The van der Waals surface area contributed by atoms with Gasteiger partial charge in [-0.25, -0.2) is 0 Å². The van der Waals surface area contributed by atoms with Crippen molar-refractivity contribution in [2.75, 3.05) is 6.61 Å². The van der Waals surface area contributed by atoms with E-state index in [2.05, 4.69) is 48.5 Å². The topological polar surface area (TPSA) is 29.5 Å². The van der Waals surface area contributed by atoms with E-state index in [4.69, 9.17) is 4.74 Å². The van der Waals surface area contributed by atoms with Crippen LogP contribution in [0.1, 0.15) is 111 Å². The van der Waals surface area contributed by atoms with Crippen LogP contribution in [0, 0.1) is 0 Å². The third-order valence-electron chi connectivity index (χ3n) is 4.97. The average molecular weight is 363 g/mol. The van der Waals surface area contributed by atoms with Gasteiger partial charge < -0.3 is 9.84 Å². The first kappa shape index (κ1) is 22.9. The molecular formula is C24H42O2. The summed E-state index contributed by atoms with van der Waals surface area (Å²) in [5, 5.41) is 10.8. The normalized spacial score (nSPS) is 12.4. The molecule has 2 heteroatoms. The first-order chi connectivity index (χ1) is 12.1. The van der Waals surface area contributed by atoms with Gasteiger partial charge in [-0.2, -0.15) is 0 Å². The van der Waals surface area contributed by atoms with Crippen molar-refractivity contribution in [1.82, 2.24) is 0 Å². The summed E-state index contributed by atoms with van der Waals surface area (Å²) in [4.78, 5) is 0. The molecular weight excluding hydrogens is 320 g/mol. The molecule has 1 aromatic carbocycles. The van der Waals surface area contributed by atoms with Crippen molar-refractivity contribution in [1.29, 1.82) is 0 Å². The first-order valence-electron chi connectivity index (χ1n) is 10.6. The third kappa shape index (κ3) is 7.60. The Hall–Kier alpha value is -1.18. The van der Waals surface area contributed by atoms with E-state index in [-0.39, 0.29) is 10.8 Å². The van der Waals surface area contributed by atoms with Crippen LogP contribution in [0.4, 0.5) is 0 Å². The zero-order valence-corrected chi connectivity index (χ0v) is 18.4. The van der Waals surface area contributed by atoms with Gasteiger partial charge in [0, 0.05) is 11.1 Å². The van der Waals surface area contributed by atoms with Gasteiger partial charge in [-0.1, -0.05) is 93.4 Å². The van der Waals surface area contributed by atoms with E-state index in [0.717, 1.165) is 29.9 Å². The second-order valence-electron chi connectivity index (χ2n) is 9.69. The van der Waals surface area contributed by atoms with Crippen molar-refractivity contribution < 1.29 is 9.84 Å². The molecule has 0 aromatic heterocycles. The van der Waals surface area contributed by atoms with Crippen molar-refractivity contribution in [2.24, 2.45) is 0 Å². The highest BCUT2D eigenvalue weighted by molar-refractivity contribution is 5.51. The fraction of sp³-hybridized carbons (Fsp3) is 0.750. The number of aromatic hydroxyl groups is 1. The Labute approximate surface area is 162 Å². The maximum atomic E-state index is 10.8. The lowest BCUT2D eigenvalue weighted by Crippen LogP contribution is -2.17. The second-order valence-corrected chi connectivity index (χ2v) is 9.69. The van der Waals surface area contributed by atoms with Crippen molar-refractivity contribution in [3.63, 3.8) is 0 Å². The van der Waals surface area contributed by atoms with Crippen LogP contribution in [0.2, 0.25) is 0 Å². The third-order valence-corrected chi connectivity index (χ3v) is 4.97. The Morgan fingerprint density at radius 1 is 0.731 bits per heavy atom. The van der Waals surface area contributed by atoms with E-state index in [1.807, 2.05) is 12.1 Å². The van der Waals surface area contributed by atoms with Gasteiger partial charge in [-0.05, 0) is 29.4 Å². The van der Waals surface area contributed by atoms with Gasteiger partial charge in [0.1, 0.15) is 11.5 Å². The monoisotopic (exact) mass is 362 g/mol. The van der Waals surface area contributed by atoms with Gasteiger partial charge in [0.05, 0.1) is 6.61 Å². The fourth-order valence-corrected chi connectivity index (χ4v) is 3.26. The molecule has 0 saturated heterocycles. The molecule has 1 rings (SSSR count). The molecule has 0 aliphatic heterocycles. The van der Waals surface area contributed by atoms with Crippen LogP contribution in [0.15, 0.2) is 12.1 Å². The van der Waals surface area contributed by atoms with Crippen molar-refractivity contribution in [3.05, 3.63) is 23.3 Å². The molecule has 0 unspecified atom stereocenters. The zero-order chi connectivity index (χ0) is 19.8. The van der Waals surface area contributed by atoms with Crippen LogP contribution in [-0.2, 0) is 10.8 Å². The van der Waals surface area contributed by atoms with Gasteiger partial charge >= 0.3 is 0 Å². The molecule has 0 saturated carbocycles. The predicted octanol–water partition coefficient (Wildman–Crippen LogP) is 7.51. The number of hydrogen-bond donors (Lipinski definition) is 1. The van der Waals surface area contributed by atoms with Crippen LogP contribution in [0.25, 0.3) is 0 Å². The Morgan fingerprint density at radius 3 is 1.58 bits per heavy atom. The van der Waals surface area contributed by atoms with E-state index in [0.29, 0.717) is 5.75 Å². The summed E-state index contributed by atoms with van der Waals surface area (Å²) in [5.41, 5.74) is 1.72. The summed E-state index contributed by atoms with van der Waals surface area (Å²) < 4.78 is 6.07. The van der Waals surface area contributed by atoms with Gasteiger partial charge in [-0.15, -0.1) is 0 Å². The van der Waals surface area contributed by atoms with Gasteiger partial charge in [0.15, 0.2) is 0 Å². The minimum absolute atomic E-state index is 0.109. The highest BCUT2D eigenvalue weighted by Gasteiger charge is 2.26. The first-order valence-corrected chi connectivity index (χ1v) is 10.6. The number of benzene rings is 1. The molecule has 1 aromatic rings. The summed E-state index contributed by atoms with van der Waals surface area (Å²) in [6.07, 6.45) is 10.4. The molecule has 0 spiro atoms. The van der Waals surface area contributed by atoms with E-state index in [1.54, 1.807) is 0 Å². The summed E-state index contributed by atoms with van der Waals surface area (Å²) in [7, 11) is 0. The van der Waals surface area contributed by atoms with E-state index < -0.39 is 0 Å². The molecule has 26 heavy (non-hydrogen) atoms. The van der Waals surface area contributed by atoms with E-state index >= 15 is 0 Å². The van der Waals surface area contributed by atoms with Gasteiger partial charge in [-0.3, -0.25) is 0 Å². The molecule has 0 aliphatic rings. The maximum absolute atomic E-state index is 10.8. The second kappa shape index (κ2) is 10.2. The summed E-state index contributed by atoms with van der Waals surface area (Å²) in [5.74, 6) is 1.31. The number of ether oxygens (including phenoxy) is 1. The molecule has 0 atom stereocenters. The van der Waals surface area contributed by atoms with Crippen LogP contribution in [-0.4, -0.2) is 11.7 Å². The van der Waals surface area contributed by atoms with Gasteiger partial charge in [0.2, 0.25) is 0 Å². The molecule has 0 radical (unpaired) electrons. The number of phenols is 1. The zero-order valence-electron chi connectivity index (χ0n) is 18.4. The van der Waals surface area contributed by atoms with E-state index in [1.165, 1.54) is 44.9 Å². The Bertz CT molecular complexity index is 497. The van der Waals surface area contributed by atoms with Crippen LogP contribution in [0.3, 0.4) is 0 Å². The highest BCUT2D eigenvalue weighted by atomic mass is 16.5. The number of unbranched alkanes of at least 4 members (excludes halogenated alkanes) is 7. The van der Waals surface area contributed by atoms with Crippen molar-refractivity contribution in [3.8, 4) is 11.5 Å². The number of rotatable bonds is 10. The molecule has 0 amide bonds. The molecule has 0 heterocycles. The van der Waals surface area contributed by atoms with Crippen molar-refractivity contribution in [2.45, 2.75) is 111 Å².